The van der Waals surface area contributed by atoms with Crippen molar-refractivity contribution in [2.24, 2.45) is 12.8 Å². The van der Waals surface area contributed by atoms with Gasteiger partial charge in [0.2, 0.25) is 6.33 Å². The molecule has 0 aliphatic carbocycles. The van der Waals surface area contributed by atoms with Gasteiger partial charge in [-0.15, -0.1) is 0 Å². The van der Waals surface area contributed by atoms with Crippen LogP contribution in [0.5, 0.6) is 0 Å². The van der Waals surface area contributed by atoms with Crippen molar-refractivity contribution in [3.8, 4) is 0 Å². The third-order valence-electron chi connectivity index (χ3n) is 3.07. The summed E-state index contributed by atoms with van der Waals surface area (Å²) in [6.45, 7) is 1.32. The SMILES string of the molecule is Cn1cnc(C[n+]2c[nH]c3ccc(CN)cc32)c1. The Kier molecular flexibility index (Phi) is 2.60. The van der Waals surface area contributed by atoms with Crippen molar-refractivity contribution in [1.82, 2.24) is 14.5 Å². The van der Waals surface area contributed by atoms with Crippen LogP contribution in [0.3, 0.4) is 0 Å². The van der Waals surface area contributed by atoms with Crippen LogP contribution in [0, 0.1) is 0 Å². The molecule has 5 nitrogen and oxygen atoms in total. The van der Waals surface area contributed by atoms with Gasteiger partial charge in [0.1, 0.15) is 6.54 Å². The van der Waals surface area contributed by atoms with Gasteiger partial charge in [-0.05, 0) is 17.7 Å². The van der Waals surface area contributed by atoms with Gasteiger partial charge in [-0.2, -0.15) is 0 Å². The molecule has 3 N–H and O–H groups in total. The number of imidazole rings is 2. The lowest BCUT2D eigenvalue weighted by atomic mass is 10.2. The first kappa shape index (κ1) is 11.0. The highest BCUT2D eigenvalue weighted by Crippen LogP contribution is 2.10. The van der Waals surface area contributed by atoms with Gasteiger partial charge >= 0.3 is 0 Å². The molecular weight excluding hydrogens is 226 g/mol. The number of nitrogens with one attached hydrogen (secondary N) is 1. The van der Waals surface area contributed by atoms with Crippen LogP contribution in [0.4, 0.5) is 0 Å². The number of H-pyrrole nitrogens is 1. The van der Waals surface area contributed by atoms with Crippen LogP contribution in [-0.2, 0) is 20.1 Å². The zero-order valence-electron chi connectivity index (χ0n) is 10.3. The van der Waals surface area contributed by atoms with E-state index in [-0.39, 0.29) is 0 Å². The minimum atomic E-state index is 0.560. The van der Waals surface area contributed by atoms with Gasteiger partial charge in [0, 0.05) is 19.8 Å². The normalized spacial score (nSPS) is 11.2. The summed E-state index contributed by atoms with van der Waals surface area (Å²) in [5, 5.41) is 0. The minimum absolute atomic E-state index is 0.560. The third-order valence-corrected chi connectivity index (χ3v) is 3.07. The monoisotopic (exact) mass is 242 g/mol. The summed E-state index contributed by atoms with van der Waals surface area (Å²) < 4.78 is 4.10. The van der Waals surface area contributed by atoms with Gasteiger partial charge in [0.05, 0.1) is 12.0 Å². The van der Waals surface area contributed by atoms with Crippen molar-refractivity contribution in [2.45, 2.75) is 13.1 Å². The van der Waals surface area contributed by atoms with E-state index in [4.69, 9.17) is 5.73 Å². The number of hydrogen-bond donors (Lipinski definition) is 2. The number of rotatable bonds is 3. The lowest BCUT2D eigenvalue weighted by Gasteiger charge is -1.97. The minimum Gasteiger partial charge on any atom is -0.340 e. The Morgan fingerprint density at radius 1 is 1.44 bits per heavy atom. The van der Waals surface area contributed by atoms with Crippen molar-refractivity contribution in [2.75, 3.05) is 0 Å². The molecule has 92 valence electrons. The zero-order valence-corrected chi connectivity index (χ0v) is 10.3. The number of aromatic amines is 1. The summed E-state index contributed by atoms with van der Waals surface area (Å²) >= 11 is 0. The van der Waals surface area contributed by atoms with E-state index in [0.717, 1.165) is 28.8 Å². The number of benzene rings is 1. The summed E-state index contributed by atoms with van der Waals surface area (Å²) in [5.41, 5.74) is 10.1. The predicted molar refractivity (Wildman–Crippen MR) is 68.7 cm³/mol. The molecule has 0 fully saturated rings. The molecule has 0 aliphatic heterocycles. The summed E-state index contributed by atoms with van der Waals surface area (Å²) in [5.74, 6) is 0. The molecule has 3 aromatic rings. The van der Waals surface area contributed by atoms with Crippen molar-refractivity contribution >= 4 is 11.0 Å². The predicted octanol–water partition coefficient (Wildman–Crippen LogP) is 0.696. The van der Waals surface area contributed by atoms with E-state index >= 15 is 0 Å². The van der Waals surface area contributed by atoms with Crippen LogP contribution in [0.15, 0.2) is 37.1 Å². The topological polar surface area (TPSA) is 63.5 Å². The average Bonchev–Trinajstić information content (AvgIpc) is 2.96. The number of nitrogens with zero attached hydrogens (tertiary/aromatic N) is 3. The Bertz CT molecular complexity index is 680. The molecule has 0 atom stereocenters. The highest BCUT2D eigenvalue weighted by Gasteiger charge is 2.11. The first-order valence-corrected chi connectivity index (χ1v) is 5.92. The molecule has 5 heteroatoms. The fraction of sp³-hybridized carbons (Fsp3) is 0.231. The molecule has 2 aromatic heterocycles. The molecule has 0 saturated heterocycles. The van der Waals surface area contributed by atoms with E-state index in [1.165, 1.54) is 0 Å². The molecular formula is C13H16N5+. The summed E-state index contributed by atoms with van der Waals surface area (Å²) in [4.78, 5) is 7.60. The standard InChI is InChI=1S/C13H15N5/c1-17-6-11(15-8-17)7-18-9-16-12-3-2-10(5-14)4-13(12)18/h2-4,6,8-9H,5,7,14H2,1H3/p+1. The van der Waals surface area contributed by atoms with Crippen molar-refractivity contribution < 1.29 is 4.57 Å². The number of aromatic nitrogens is 4. The van der Waals surface area contributed by atoms with E-state index in [1.807, 2.05) is 36.5 Å². The Balaban J connectivity index is 2.01. The van der Waals surface area contributed by atoms with Crippen molar-refractivity contribution in [3.63, 3.8) is 0 Å². The van der Waals surface area contributed by atoms with Gasteiger partial charge < -0.3 is 10.3 Å². The highest BCUT2D eigenvalue weighted by atomic mass is 15.1. The van der Waals surface area contributed by atoms with E-state index < -0.39 is 0 Å². The van der Waals surface area contributed by atoms with Crippen LogP contribution in [0.2, 0.25) is 0 Å². The molecule has 0 aliphatic rings. The Morgan fingerprint density at radius 3 is 3.06 bits per heavy atom. The second kappa shape index (κ2) is 4.27. The maximum Gasteiger partial charge on any atom is 0.242 e. The molecule has 1 aromatic carbocycles. The number of nitrogens with two attached hydrogens (primary N) is 1. The maximum atomic E-state index is 5.68. The van der Waals surface area contributed by atoms with Crippen LogP contribution in [0.1, 0.15) is 11.3 Å². The third kappa shape index (κ3) is 1.89. The van der Waals surface area contributed by atoms with Crippen LogP contribution in [-0.4, -0.2) is 14.5 Å². The first-order valence-electron chi connectivity index (χ1n) is 5.92. The van der Waals surface area contributed by atoms with E-state index in [0.29, 0.717) is 6.54 Å². The van der Waals surface area contributed by atoms with Crippen LogP contribution in [0.25, 0.3) is 11.0 Å². The van der Waals surface area contributed by atoms with Gasteiger partial charge in [-0.1, -0.05) is 6.07 Å². The molecule has 3 rings (SSSR count). The van der Waals surface area contributed by atoms with Gasteiger partial charge in [-0.25, -0.2) is 14.5 Å². The maximum absolute atomic E-state index is 5.68. The highest BCUT2D eigenvalue weighted by molar-refractivity contribution is 5.71. The second-order valence-electron chi connectivity index (χ2n) is 4.49. The Hall–Kier alpha value is -2.14. The number of hydrogen-bond acceptors (Lipinski definition) is 2. The molecule has 0 amide bonds. The van der Waals surface area contributed by atoms with Gasteiger partial charge in [0.25, 0.3) is 0 Å². The lowest BCUT2D eigenvalue weighted by molar-refractivity contribution is -0.662. The smallest absolute Gasteiger partial charge is 0.242 e. The fourth-order valence-corrected chi connectivity index (χ4v) is 2.13. The van der Waals surface area contributed by atoms with Crippen molar-refractivity contribution in [1.29, 1.82) is 0 Å². The van der Waals surface area contributed by atoms with Crippen LogP contribution < -0.4 is 10.3 Å². The second-order valence-corrected chi connectivity index (χ2v) is 4.49. The van der Waals surface area contributed by atoms with E-state index in [2.05, 4.69) is 26.7 Å². The quantitative estimate of drug-likeness (QED) is 0.664. The Morgan fingerprint density at radius 2 is 2.33 bits per heavy atom. The van der Waals surface area contributed by atoms with E-state index in [1.54, 1.807) is 0 Å². The molecule has 2 heterocycles. The molecule has 0 spiro atoms. The van der Waals surface area contributed by atoms with E-state index in [9.17, 15) is 0 Å². The van der Waals surface area contributed by atoms with Gasteiger partial charge in [0.15, 0.2) is 11.0 Å². The lowest BCUT2D eigenvalue weighted by Crippen LogP contribution is -2.32. The first-order chi connectivity index (χ1) is 8.76. The number of aryl methyl sites for hydroxylation is 1. The molecule has 0 unspecified atom stereocenters. The summed E-state index contributed by atoms with van der Waals surface area (Å²) in [7, 11) is 1.98. The molecule has 18 heavy (non-hydrogen) atoms. The molecule has 0 bridgehead atoms. The largest absolute Gasteiger partial charge is 0.340 e. The molecule has 0 radical (unpaired) electrons. The average molecular weight is 242 g/mol. The van der Waals surface area contributed by atoms with Crippen LogP contribution >= 0.6 is 0 Å². The fourth-order valence-electron chi connectivity index (χ4n) is 2.13. The Labute approximate surface area is 105 Å². The summed E-state index contributed by atoms with van der Waals surface area (Å²) in [6, 6.07) is 6.23. The summed E-state index contributed by atoms with van der Waals surface area (Å²) in [6.07, 6.45) is 5.81. The number of fused-ring (bicyclic) bond motifs is 1. The van der Waals surface area contributed by atoms with Crippen molar-refractivity contribution in [3.05, 3.63) is 48.3 Å². The van der Waals surface area contributed by atoms with Gasteiger partial charge in [-0.3, -0.25) is 0 Å². The molecule has 0 saturated carbocycles. The zero-order chi connectivity index (χ0) is 12.5.